The van der Waals surface area contributed by atoms with Gasteiger partial charge in [-0.15, -0.1) is 0 Å². The Hall–Kier alpha value is -1.71. The number of aliphatic hydroxyl groups excluding tert-OH is 1. The highest BCUT2D eigenvalue weighted by Crippen LogP contribution is 2.28. The van der Waals surface area contributed by atoms with Crippen LogP contribution in [0.2, 0.25) is 0 Å². The number of nitrogens with zero attached hydrogens (tertiary/aromatic N) is 1. The second-order valence-corrected chi connectivity index (χ2v) is 4.12. The zero-order valence-electron chi connectivity index (χ0n) is 8.72. The maximum atomic E-state index is 13.6. The van der Waals surface area contributed by atoms with E-state index >= 15 is 0 Å². The van der Waals surface area contributed by atoms with Gasteiger partial charge in [-0.2, -0.15) is 5.26 Å². The smallest absolute Gasteiger partial charge is 0.168 e. The molecule has 1 heterocycles. The van der Waals surface area contributed by atoms with Gasteiger partial charge in [0.15, 0.2) is 5.11 Å². The number of aliphatic hydroxyl groups is 1. The maximum Gasteiger partial charge on any atom is 0.168 e. The fourth-order valence-corrected chi connectivity index (χ4v) is 2.07. The molecule has 1 saturated heterocycles. The summed E-state index contributed by atoms with van der Waals surface area (Å²) >= 11 is 4.89. The molecule has 0 aliphatic carbocycles. The lowest BCUT2D eigenvalue weighted by atomic mass is 9.91. The molecular formula is C11H10FN3OS. The van der Waals surface area contributed by atoms with Crippen molar-refractivity contribution in [2.75, 3.05) is 0 Å². The molecule has 3 N–H and O–H groups in total. The number of nitriles is 1. The maximum absolute atomic E-state index is 13.6. The van der Waals surface area contributed by atoms with E-state index in [4.69, 9.17) is 17.5 Å². The molecule has 0 spiro atoms. The van der Waals surface area contributed by atoms with Gasteiger partial charge in [0.25, 0.3) is 0 Å². The van der Waals surface area contributed by atoms with Crippen LogP contribution in [-0.2, 0) is 0 Å². The normalized spacial score (nSPS) is 27.8. The zero-order chi connectivity index (χ0) is 12.4. The second kappa shape index (κ2) is 4.65. The van der Waals surface area contributed by atoms with Crippen molar-refractivity contribution in [3.05, 3.63) is 35.6 Å². The Morgan fingerprint density at radius 3 is 2.71 bits per heavy atom. The topological polar surface area (TPSA) is 68.1 Å². The molecule has 1 fully saturated rings. The van der Waals surface area contributed by atoms with Crippen molar-refractivity contribution in [3.63, 3.8) is 0 Å². The molecule has 4 nitrogen and oxygen atoms in total. The molecule has 1 aliphatic rings. The van der Waals surface area contributed by atoms with Gasteiger partial charge in [0, 0.05) is 5.56 Å². The summed E-state index contributed by atoms with van der Waals surface area (Å²) < 4.78 is 13.6. The van der Waals surface area contributed by atoms with Crippen molar-refractivity contribution < 1.29 is 9.50 Å². The summed E-state index contributed by atoms with van der Waals surface area (Å²) in [5.41, 5.74) is 0.321. The van der Waals surface area contributed by atoms with Crippen molar-refractivity contribution in [3.8, 4) is 6.07 Å². The van der Waals surface area contributed by atoms with Gasteiger partial charge in [0.1, 0.15) is 18.0 Å². The molecule has 3 atom stereocenters. The third-order valence-corrected chi connectivity index (χ3v) is 2.89. The van der Waals surface area contributed by atoms with E-state index in [1.54, 1.807) is 18.2 Å². The summed E-state index contributed by atoms with van der Waals surface area (Å²) in [7, 11) is 0. The molecule has 6 heteroatoms. The Morgan fingerprint density at radius 1 is 1.35 bits per heavy atom. The Kier molecular flexibility index (Phi) is 3.22. The molecule has 0 amide bonds. The predicted octanol–water partition coefficient (Wildman–Crippen LogP) is 0.803. The van der Waals surface area contributed by atoms with Crippen LogP contribution in [0.4, 0.5) is 4.39 Å². The molecule has 0 saturated carbocycles. The first-order chi connectivity index (χ1) is 8.13. The first-order valence-corrected chi connectivity index (χ1v) is 5.43. The Morgan fingerprint density at radius 2 is 2.06 bits per heavy atom. The molecular weight excluding hydrogens is 241 g/mol. The number of hydrogen-bond donors (Lipinski definition) is 3. The number of rotatable bonds is 1. The minimum absolute atomic E-state index is 0.206. The second-order valence-electron chi connectivity index (χ2n) is 3.72. The highest BCUT2D eigenvalue weighted by Gasteiger charge is 2.36. The SMILES string of the molecule is N#C[C@H]1[C@@H](c2ccccc2F)NC(=S)N[C@@H]1O. The van der Waals surface area contributed by atoms with Crippen LogP contribution in [0.15, 0.2) is 24.3 Å². The van der Waals surface area contributed by atoms with Crippen molar-refractivity contribution in [2.24, 2.45) is 5.92 Å². The molecule has 2 rings (SSSR count). The third-order valence-electron chi connectivity index (χ3n) is 2.65. The van der Waals surface area contributed by atoms with Crippen LogP contribution in [0.5, 0.6) is 0 Å². The Labute approximate surface area is 103 Å². The highest BCUT2D eigenvalue weighted by molar-refractivity contribution is 7.80. The van der Waals surface area contributed by atoms with Crippen LogP contribution in [-0.4, -0.2) is 16.4 Å². The van der Waals surface area contributed by atoms with Gasteiger partial charge in [-0.25, -0.2) is 4.39 Å². The van der Waals surface area contributed by atoms with E-state index < -0.39 is 24.0 Å². The zero-order valence-corrected chi connectivity index (χ0v) is 9.54. The van der Waals surface area contributed by atoms with Gasteiger partial charge >= 0.3 is 0 Å². The molecule has 1 aliphatic heterocycles. The number of nitrogens with one attached hydrogen (secondary N) is 2. The van der Waals surface area contributed by atoms with E-state index in [0.717, 1.165) is 0 Å². The summed E-state index contributed by atoms with van der Waals surface area (Å²) in [6.45, 7) is 0. The quantitative estimate of drug-likeness (QED) is 0.644. The van der Waals surface area contributed by atoms with Crippen LogP contribution >= 0.6 is 12.2 Å². The van der Waals surface area contributed by atoms with E-state index in [1.165, 1.54) is 6.07 Å². The molecule has 88 valence electrons. The lowest BCUT2D eigenvalue weighted by Crippen LogP contribution is -2.56. The van der Waals surface area contributed by atoms with E-state index in [-0.39, 0.29) is 5.11 Å². The number of hydrogen-bond acceptors (Lipinski definition) is 3. The molecule has 0 unspecified atom stereocenters. The molecule has 0 aromatic heterocycles. The molecule has 0 bridgehead atoms. The van der Waals surface area contributed by atoms with Crippen LogP contribution in [0.25, 0.3) is 0 Å². The molecule has 1 aromatic carbocycles. The molecule has 0 radical (unpaired) electrons. The van der Waals surface area contributed by atoms with Crippen molar-refractivity contribution >= 4 is 17.3 Å². The minimum Gasteiger partial charge on any atom is -0.372 e. The standard InChI is InChI=1S/C11H10FN3OS/c12-8-4-2-1-3-6(8)9-7(5-13)10(16)15-11(17)14-9/h1-4,7,9-10,16H,(H2,14,15,17)/t7-,9+,10+/m0/s1. The van der Waals surface area contributed by atoms with Gasteiger partial charge < -0.3 is 15.7 Å². The van der Waals surface area contributed by atoms with E-state index in [0.29, 0.717) is 5.56 Å². The number of benzene rings is 1. The minimum atomic E-state index is -1.10. The van der Waals surface area contributed by atoms with Gasteiger partial charge in [-0.05, 0) is 18.3 Å². The lowest BCUT2D eigenvalue weighted by Gasteiger charge is -2.34. The number of halogens is 1. The Balaban J connectivity index is 2.39. The summed E-state index contributed by atoms with van der Waals surface area (Å²) in [5.74, 6) is -1.24. The first-order valence-electron chi connectivity index (χ1n) is 5.02. The fourth-order valence-electron chi connectivity index (χ4n) is 1.82. The van der Waals surface area contributed by atoms with Crippen molar-refractivity contribution in [2.45, 2.75) is 12.3 Å². The highest BCUT2D eigenvalue weighted by atomic mass is 32.1. The summed E-state index contributed by atoms with van der Waals surface area (Å²) in [6, 6.07) is 7.41. The monoisotopic (exact) mass is 251 g/mol. The number of thiocarbonyl (C=S) groups is 1. The average molecular weight is 251 g/mol. The molecule has 1 aromatic rings. The van der Waals surface area contributed by atoms with Crippen LogP contribution in [0.3, 0.4) is 0 Å². The Bertz CT molecular complexity index is 488. The van der Waals surface area contributed by atoms with Crippen LogP contribution < -0.4 is 10.6 Å². The predicted molar refractivity (Wildman–Crippen MR) is 63.1 cm³/mol. The van der Waals surface area contributed by atoms with Gasteiger partial charge in [0.2, 0.25) is 0 Å². The third kappa shape index (κ3) is 2.20. The van der Waals surface area contributed by atoms with E-state index in [9.17, 15) is 9.50 Å². The fraction of sp³-hybridized carbons (Fsp3) is 0.273. The van der Waals surface area contributed by atoms with E-state index in [2.05, 4.69) is 10.6 Å². The van der Waals surface area contributed by atoms with Crippen LogP contribution in [0.1, 0.15) is 11.6 Å². The lowest BCUT2D eigenvalue weighted by molar-refractivity contribution is 0.0888. The van der Waals surface area contributed by atoms with E-state index in [1.807, 2.05) is 6.07 Å². The van der Waals surface area contributed by atoms with Crippen molar-refractivity contribution in [1.29, 1.82) is 5.26 Å². The van der Waals surface area contributed by atoms with Crippen molar-refractivity contribution in [1.82, 2.24) is 10.6 Å². The summed E-state index contributed by atoms with van der Waals surface area (Å²) in [5, 5.41) is 24.2. The first kappa shape index (κ1) is 11.8. The van der Waals surface area contributed by atoms with Gasteiger partial charge in [-0.1, -0.05) is 18.2 Å². The van der Waals surface area contributed by atoms with Crippen LogP contribution in [0, 0.1) is 23.1 Å². The van der Waals surface area contributed by atoms with Gasteiger partial charge in [0.05, 0.1) is 12.1 Å². The average Bonchev–Trinajstić information content (AvgIpc) is 2.28. The largest absolute Gasteiger partial charge is 0.372 e. The summed E-state index contributed by atoms with van der Waals surface area (Å²) in [4.78, 5) is 0. The molecule has 17 heavy (non-hydrogen) atoms. The summed E-state index contributed by atoms with van der Waals surface area (Å²) in [6.07, 6.45) is -1.10. The van der Waals surface area contributed by atoms with Gasteiger partial charge in [-0.3, -0.25) is 0 Å².